The Labute approximate surface area is 109 Å². The molecule has 102 valence electrons. The average molecular weight is 252 g/mol. The van der Waals surface area contributed by atoms with Crippen molar-refractivity contribution in [3.05, 3.63) is 0 Å². The van der Waals surface area contributed by atoms with E-state index in [1.807, 2.05) is 0 Å². The number of fused-ring (bicyclic) bond motifs is 1. The number of carbonyl (C=O) groups is 2. The zero-order valence-corrected chi connectivity index (χ0v) is 11.4. The first kappa shape index (κ1) is 13.5. The van der Waals surface area contributed by atoms with Gasteiger partial charge < -0.3 is 5.32 Å². The molecule has 1 heterocycles. The van der Waals surface area contributed by atoms with Crippen molar-refractivity contribution < 1.29 is 9.59 Å². The Hall–Kier alpha value is -0.900. The van der Waals surface area contributed by atoms with Crippen LogP contribution >= 0.6 is 0 Å². The molecule has 1 aliphatic heterocycles. The van der Waals surface area contributed by atoms with Gasteiger partial charge in [-0.05, 0) is 38.6 Å². The maximum Gasteiger partial charge on any atom is 0.233 e. The molecule has 0 aromatic heterocycles. The normalized spacial score (nSPS) is 27.6. The van der Waals surface area contributed by atoms with Gasteiger partial charge in [-0.15, -0.1) is 0 Å². The molecule has 3 unspecified atom stereocenters. The highest BCUT2D eigenvalue weighted by Crippen LogP contribution is 2.46. The molecule has 1 saturated carbocycles. The molecule has 0 aromatic carbocycles. The Morgan fingerprint density at radius 3 is 2.50 bits per heavy atom. The van der Waals surface area contributed by atoms with E-state index >= 15 is 0 Å². The van der Waals surface area contributed by atoms with Crippen molar-refractivity contribution in [2.24, 2.45) is 11.8 Å². The summed E-state index contributed by atoms with van der Waals surface area (Å²) in [6, 6.07) is 0.521. The summed E-state index contributed by atoms with van der Waals surface area (Å²) in [4.78, 5) is 25.0. The largest absolute Gasteiger partial charge is 0.314 e. The second-order valence-electron chi connectivity index (χ2n) is 5.48. The summed E-state index contributed by atoms with van der Waals surface area (Å²) < 4.78 is 0. The molecule has 1 aliphatic carbocycles. The molecule has 2 amide bonds. The predicted octanol–water partition coefficient (Wildman–Crippen LogP) is 1.55. The van der Waals surface area contributed by atoms with Gasteiger partial charge in [0.2, 0.25) is 11.8 Å². The molecule has 0 aromatic rings. The summed E-state index contributed by atoms with van der Waals surface area (Å²) in [5, 5.41) is 3.50. The third kappa shape index (κ3) is 2.74. The predicted molar refractivity (Wildman–Crippen MR) is 69.9 cm³/mol. The summed E-state index contributed by atoms with van der Waals surface area (Å²) >= 11 is 0. The zero-order chi connectivity index (χ0) is 13.1. The molecule has 0 radical (unpaired) electrons. The Kier molecular flexibility index (Phi) is 4.38. The van der Waals surface area contributed by atoms with E-state index in [0.29, 0.717) is 12.6 Å². The van der Waals surface area contributed by atoms with Crippen LogP contribution in [0.15, 0.2) is 0 Å². The van der Waals surface area contributed by atoms with Crippen LogP contribution in [0.3, 0.4) is 0 Å². The zero-order valence-electron chi connectivity index (χ0n) is 11.4. The lowest BCUT2D eigenvalue weighted by Gasteiger charge is -2.20. The molecule has 3 atom stereocenters. The molecule has 4 nitrogen and oxygen atoms in total. The van der Waals surface area contributed by atoms with Crippen LogP contribution in [-0.4, -0.2) is 35.8 Å². The average Bonchev–Trinajstić information content (AvgIpc) is 3.12. The molecular formula is C14H24N2O2. The third-order valence-electron chi connectivity index (χ3n) is 4.07. The Balaban J connectivity index is 1.68. The molecular weight excluding hydrogens is 228 g/mol. The molecule has 2 rings (SSSR count). The van der Waals surface area contributed by atoms with Crippen LogP contribution in [0, 0.1) is 11.8 Å². The Morgan fingerprint density at radius 1 is 1.28 bits per heavy atom. The maximum atomic E-state index is 11.8. The van der Waals surface area contributed by atoms with E-state index in [1.165, 1.54) is 4.90 Å². The van der Waals surface area contributed by atoms with Gasteiger partial charge in [-0.25, -0.2) is 0 Å². The summed E-state index contributed by atoms with van der Waals surface area (Å²) in [5.74, 6) is 0.273. The Bertz CT molecular complexity index is 310. The van der Waals surface area contributed by atoms with Crippen LogP contribution in [0.1, 0.15) is 46.0 Å². The first-order valence-electron chi connectivity index (χ1n) is 7.27. The van der Waals surface area contributed by atoms with Crippen molar-refractivity contribution in [2.75, 3.05) is 13.1 Å². The first-order chi connectivity index (χ1) is 8.69. The SMILES string of the molecule is CCCNC(CC)CCCN1C(=O)C2CC2C1=O. The van der Waals surface area contributed by atoms with E-state index in [2.05, 4.69) is 19.2 Å². The first-order valence-corrected chi connectivity index (χ1v) is 7.27. The van der Waals surface area contributed by atoms with E-state index in [9.17, 15) is 9.59 Å². The van der Waals surface area contributed by atoms with Crippen molar-refractivity contribution in [2.45, 2.75) is 52.0 Å². The van der Waals surface area contributed by atoms with Gasteiger partial charge in [-0.1, -0.05) is 13.8 Å². The van der Waals surface area contributed by atoms with E-state index < -0.39 is 0 Å². The van der Waals surface area contributed by atoms with Gasteiger partial charge >= 0.3 is 0 Å². The van der Waals surface area contributed by atoms with Crippen molar-refractivity contribution >= 4 is 11.8 Å². The fourth-order valence-electron chi connectivity index (χ4n) is 2.76. The number of hydrogen-bond donors (Lipinski definition) is 1. The summed E-state index contributed by atoms with van der Waals surface area (Å²) in [6.07, 6.45) is 5.02. The number of nitrogens with zero attached hydrogens (tertiary/aromatic N) is 1. The van der Waals surface area contributed by atoms with Gasteiger partial charge in [0.15, 0.2) is 0 Å². The number of hydrogen-bond acceptors (Lipinski definition) is 3. The van der Waals surface area contributed by atoms with Crippen LogP contribution in [-0.2, 0) is 9.59 Å². The highest BCUT2D eigenvalue weighted by Gasteiger charge is 2.58. The lowest BCUT2D eigenvalue weighted by Crippen LogP contribution is -2.35. The second kappa shape index (κ2) is 5.83. The molecule has 2 fully saturated rings. The van der Waals surface area contributed by atoms with E-state index in [0.717, 1.165) is 38.6 Å². The van der Waals surface area contributed by atoms with Gasteiger partial charge in [-0.3, -0.25) is 14.5 Å². The number of imide groups is 1. The highest BCUT2D eigenvalue weighted by molar-refractivity contribution is 6.08. The van der Waals surface area contributed by atoms with Crippen LogP contribution in [0.2, 0.25) is 0 Å². The third-order valence-corrected chi connectivity index (χ3v) is 4.07. The minimum absolute atomic E-state index is 0.0534. The summed E-state index contributed by atoms with van der Waals surface area (Å²) in [6.45, 7) is 6.00. The number of carbonyl (C=O) groups excluding carboxylic acids is 2. The number of amides is 2. The Morgan fingerprint density at radius 2 is 1.94 bits per heavy atom. The smallest absolute Gasteiger partial charge is 0.233 e. The quantitative estimate of drug-likeness (QED) is 0.667. The monoisotopic (exact) mass is 252 g/mol. The topological polar surface area (TPSA) is 49.4 Å². The molecule has 0 spiro atoms. The lowest BCUT2D eigenvalue weighted by molar-refractivity contribution is -0.141. The minimum Gasteiger partial charge on any atom is -0.314 e. The molecule has 18 heavy (non-hydrogen) atoms. The lowest BCUT2D eigenvalue weighted by atomic mass is 10.1. The summed E-state index contributed by atoms with van der Waals surface area (Å²) in [5.41, 5.74) is 0. The fraction of sp³-hybridized carbons (Fsp3) is 0.857. The van der Waals surface area contributed by atoms with Crippen molar-refractivity contribution in [1.82, 2.24) is 10.2 Å². The number of rotatable bonds is 8. The van der Waals surface area contributed by atoms with Crippen molar-refractivity contribution in [3.8, 4) is 0 Å². The van der Waals surface area contributed by atoms with Crippen LogP contribution in [0.4, 0.5) is 0 Å². The van der Waals surface area contributed by atoms with Crippen molar-refractivity contribution in [3.63, 3.8) is 0 Å². The fourth-order valence-corrected chi connectivity index (χ4v) is 2.76. The summed E-state index contributed by atoms with van der Waals surface area (Å²) in [7, 11) is 0. The van der Waals surface area contributed by atoms with Gasteiger partial charge in [0, 0.05) is 12.6 Å². The molecule has 0 bridgehead atoms. The number of likely N-dealkylation sites (tertiary alicyclic amines) is 1. The van der Waals surface area contributed by atoms with Gasteiger partial charge in [0.25, 0.3) is 0 Å². The number of nitrogens with one attached hydrogen (secondary N) is 1. The van der Waals surface area contributed by atoms with Gasteiger partial charge in [-0.2, -0.15) is 0 Å². The molecule has 2 aliphatic rings. The standard InChI is InChI=1S/C14H24N2O2/c1-3-7-15-10(4-2)6-5-8-16-13(17)11-9-12(11)14(16)18/h10-12,15H,3-9H2,1-2H3. The highest BCUT2D eigenvalue weighted by atomic mass is 16.2. The second-order valence-corrected chi connectivity index (χ2v) is 5.48. The van der Waals surface area contributed by atoms with Crippen LogP contribution in [0.5, 0.6) is 0 Å². The van der Waals surface area contributed by atoms with Gasteiger partial charge in [0.05, 0.1) is 11.8 Å². The van der Waals surface area contributed by atoms with E-state index in [4.69, 9.17) is 0 Å². The molecule has 1 N–H and O–H groups in total. The van der Waals surface area contributed by atoms with Gasteiger partial charge in [0.1, 0.15) is 0 Å². The van der Waals surface area contributed by atoms with Crippen molar-refractivity contribution in [1.29, 1.82) is 0 Å². The number of piperidine rings is 1. The maximum absolute atomic E-state index is 11.8. The minimum atomic E-state index is 0.0534. The molecule has 1 saturated heterocycles. The van der Waals surface area contributed by atoms with Crippen LogP contribution in [0.25, 0.3) is 0 Å². The molecule has 4 heteroatoms. The van der Waals surface area contributed by atoms with E-state index in [-0.39, 0.29) is 23.7 Å². The van der Waals surface area contributed by atoms with E-state index in [1.54, 1.807) is 0 Å². The van der Waals surface area contributed by atoms with Crippen LogP contribution < -0.4 is 5.32 Å².